The first kappa shape index (κ1) is 23.7. The Morgan fingerprint density at radius 1 is 1.09 bits per heavy atom. The predicted octanol–water partition coefficient (Wildman–Crippen LogP) is 1.78. The van der Waals surface area contributed by atoms with E-state index in [1.807, 2.05) is 47.4 Å². The molecule has 0 saturated carbocycles. The number of amides is 1. The molecule has 1 N–H and O–H groups in total. The lowest BCUT2D eigenvalue weighted by Crippen LogP contribution is -2.47. The number of pyridine rings is 1. The van der Waals surface area contributed by atoms with E-state index in [0.29, 0.717) is 19.6 Å². The number of nitrogens with one attached hydrogen (secondary N) is 1. The Balaban J connectivity index is 1.41. The second-order valence-electron chi connectivity index (χ2n) is 8.91. The number of carbonyl (C=O) groups excluding carboxylic acids is 1. The molecule has 2 saturated heterocycles. The van der Waals surface area contributed by atoms with Gasteiger partial charge in [-0.25, -0.2) is 13.4 Å². The molecule has 2 aliphatic rings. The highest BCUT2D eigenvalue weighted by atomic mass is 32.2. The molecule has 2 fully saturated rings. The fraction of sp³-hybridized carbons (Fsp3) is 0.500. The molecule has 2 aromatic rings. The lowest BCUT2D eigenvalue weighted by atomic mass is 10.0. The molecule has 4 rings (SSSR count). The summed E-state index contributed by atoms with van der Waals surface area (Å²) in [6, 6.07) is 13.0. The Bertz CT molecular complexity index is 1020. The third-order valence-corrected chi connectivity index (χ3v) is 7.74. The van der Waals surface area contributed by atoms with Crippen LogP contribution in [0.25, 0.3) is 0 Å². The SMILES string of the molecule is CC1CN(c2ccc(CNC(=O)C(c3ccccc3)N3CCS(=O)(=O)CC3)cn2)CC(C)O1. The van der Waals surface area contributed by atoms with Crippen LogP contribution < -0.4 is 10.2 Å². The van der Waals surface area contributed by atoms with Crippen molar-refractivity contribution in [3.63, 3.8) is 0 Å². The molecule has 0 radical (unpaired) electrons. The fourth-order valence-corrected chi connectivity index (χ4v) is 5.74. The van der Waals surface area contributed by atoms with E-state index in [1.54, 1.807) is 6.20 Å². The van der Waals surface area contributed by atoms with E-state index >= 15 is 0 Å². The first-order valence-corrected chi connectivity index (χ1v) is 13.3. The van der Waals surface area contributed by atoms with Crippen LogP contribution in [0.5, 0.6) is 0 Å². The first-order valence-electron chi connectivity index (χ1n) is 11.4. The molecule has 8 nitrogen and oxygen atoms in total. The molecular weight excluding hydrogens is 440 g/mol. The van der Waals surface area contributed by atoms with Crippen molar-refractivity contribution in [2.24, 2.45) is 0 Å². The van der Waals surface area contributed by atoms with Crippen molar-refractivity contribution in [2.45, 2.75) is 38.6 Å². The second-order valence-corrected chi connectivity index (χ2v) is 11.2. The summed E-state index contributed by atoms with van der Waals surface area (Å²) in [7, 11) is -3.03. The maximum absolute atomic E-state index is 13.2. The number of carbonyl (C=O) groups is 1. The van der Waals surface area contributed by atoms with Gasteiger partial charge in [-0.2, -0.15) is 0 Å². The van der Waals surface area contributed by atoms with E-state index in [2.05, 4.69) is 29.0 Å². The third kappa shape index (κ3) is 6.10. The second kappa shape index (κ2) is 10.2. The number of benzene rings is 1. The molecule has 1 amide bonds. The standard InChI is InChI=1S/C24H32N4O4S/c1-18-16-28(17-19(2)32-18)22-9-8-20(14-25-22)15-26-24(29)23(21-6-4-3-5-7-21)27-10-12-33(30,31)13-11-27/h3-9,14,18-19,23H,10-13,15-17H2,1-2H3,(H,26,29). The zero-order valence-electron chi connectivity index (χ0n) is 19.2. The number of aromatic nitrogens is 1. The summed E-state index contributed by atoms with van der Waals surface area (Å²) in [6.45, 7) is 6.79. The molecular formula is C24H32N4O4S. The molecule has 9 heteroatoms. The van der Waals surface area contributed by atoms with Crippen molar-refractivity contribution >= 4 is 21.6 Å². The zero-order chi connectivity index (χ0) is 23.4. The molecule has 0 spiro atoms. The van der Waals surface area contributed by atoms with Crippen molar-refractivity contribution < 1.29 is 17.9 Å². The third-order valence-electron chi connectivity index (χ3n) is 6.13. The Kier molecular flexibility index (Phi) is 7.31. The Morgan fingerprint density at radius 2 is 1.76 bits per heavy atom. The molecule has 1 aromatic heterocycles. The molecule has 0 bridgehead atoms. The maximum Gasteiger partial charge on any atom is 0.242 e. The highest BCUT2D eigenvalue weighted by molar-refractivity contribution is 7.91. The molecule has 0 aliphatic carbocycles. The topological polar surface area (TPSA) is 91.8 Å². The lowest BCUT2D eigenvalue weighted by molar-refractivity contribution is -0.126. The number of hydrogen-bond acceptors (Lipinski definition) is 7. The van der Waals surface area contributed by atoms with Crippen molar-refractivity contribution in [2.75, 3.05) is 42.6 Å². The van der Waals surface area contributed by atoms with Crippen LogP contribution >= 0.6 is 0 Å². The molecule has 3 heterocycles. The monoisotopic (exact) mass is 472 g/mol. The average molecular weight is 473 g/mol. The van der Waals surface area contributed by atoms with Crippen molar-refractivity contribution in [1.82, 2.24) is 15.2 Å². The fourth-order valence-electron chi connectivity index (χ4n) is 4.51. The van der Waals surface area contributed by atoms with Gasteiger partial charge in [0.1, 0.15) is 11.9 Å². The van der Waals surface area contributed by atoms with Gasteiger partial charge in [0.05, 0.1) is 23.7 Å². The normalized spacial score (nSPS) is 24.2. The Labute approximate surface area is 195 Å². The van der Waals surface area contributed by atoms with Gasteiger partial charge in [0.2, 0.25) is 5.91 Å². The summed E-state index contributed by atoms with van der Waals surface area (Å²) >= 11 is 0. The number of hydrogen-bond donors (Lipinski definition) is 1. The summed E-state index contributed by atoms with van der Waals surface area (Å²) in [4.78, 5) is 22.0. The minimum atomic E-state index is -3.03. The maximum atomic E-state index is 13.2. The van der Waals surface area contributed by atoms with Crippen LogP contribution in [0.2, 0.25) is 0 Å². The van der Waals surface area contributed by atoms with E-state index in [0.717, 1.165) is 30.0 Å². The van der Waals surface area contributed by atoms with E-state index < -0.39 is 15.9 Å². The smallest absolute Gasteiger partial charge is 0.242 e. The summed E-state index contributed by atoms with van der Waals surface area (Å²) in [5.74, 6) is 0.922. The van der Waals surface area contributed by atoms with Crippen LogP contribution in [0.15, 0.2) is 48.7 Å². The van der Waals surface area contributed by atoms with Gasteiger partial charge in [-0.1, -0.05) is 36.4 Å². The number of rotatable bonds is 6. The van der Waals surface area contributed by atoms with Crippen molar-refractivity contribution in [3.05, 3.63) is 59.8 Å². The van der Waals surface area contributed by atoms with Crippen LogP contribution in [0.3, 0.4) is 0 Å². The molecule has 2 aliphatic heterocycles. The lowest BCUT2D eigenvalue weighted by Gasteiger charge is -2.36. The van der Waals surface area contributed by atoms with Crippen molar-refractivity contribution in [3.8, 4) is 0 Å². The van der Waals surface area contributed by atoms with Crippen LogP contribution in [0.1, 0.15) is 31.0 Å². The van der Waals surface area contributed by atoms with Gasteiger partial charge in [-0.05, 0) is 31.0 Å². The summed E-state index contributed by atoms with van der Waals surface area (Å²) in [5.41, 5.74) is 1.77. The van der Waals surface area contributed by atoms with Gasteiger partial charge in [0.25, 0.3) is 0 Å². The minimum absolute atomic E-state index is 0.0772. The summed E-state index contributed by atoms with van der Waals surface area (Å²) in [6.07, 6.45) is 2.12. The zero-order valence-corrected chi connectivity index (χ0v) is 20.0. The van der Waals surface area contributed by atoms with Crippen molar-refractivity contribution in [1.29, 1.82) is 0 Å². The number of morpholine rings is 1. The first-order chi connectivity index (χ1) is 15.8. The van der Waals surface area contributed by atoms with Crippen LogP contribution in [-0.2, 0) is 25.9 Å². The summed E-state index contributed by atoms with van der Waals surface area (Å²) < 4.78 is 29.5. The minimum Gasteiger partial charge on any atom is -0.372 e. The van der Waals surface area contributed by atoms with E-state index in [4.69, 9.17) is 4.74 Å². The molecule has 1 aromatic carbocycles. The number of nitrogens with zero attached hydrogens (tertiary/aromatic N) is 3. The molecule has 33 heavy (non-hydrogen) atoms. The van der Waals surface area contributed by atoms with Crippen LogP contribution in [0, 0.1) is 0 Å². The van der Waals surface area contributed by atoms with Gasteiger partial charge in [-0.15, -0.1) is 0 Å². The highest BCUT2D eigenvalue weighted by Crippen LogP contribution is 2.24. The van der Waals surface area contributed by atoms with Crippen LogP contribution in [0.4, 0.5) is 5.82 Å². The molecule has 3 atom stereocenters. The Morgan fingerprint density at radius 3 is 2.36 bits per heavy atom. The van der Waals surface area contributed by atoms with Gasteiger partial charge >= 0.3 is 0 Å². The molecule has 178 valence electrons. The molecule has 3 unspecified atom stereocenters. The summed E-state index contributed by atoms with van der Waals surface area (Å²) in [5, 5.41) is 3.03. The number of sulfone groups is 1. The Hall–Kier alpha value is -2.49. The van der Waals surface area contributed by atoms with Gasteiger partial charge < -0.3 is 15.0 Å². The van der Waals surface area contributed by atoms with Crippen LogP contribution in [-0.4, -0.2) is 74.1 Å². The van der Waals surface area contributed by atoms with E-state index in [-0.39, 0.29) is 29.6 Å². The predicted molar refractivity (Wildman–Crippen MR) is 128 cm³/mol. The number of ether oxygens (including phenoxy) is 1. The highest BCUT2D eigenvalue weighted by Gasteiger charge is 2.32. The van der Waals surface area contributed by atoms with E-state index in [9.17, 15) is 13.2 Å². The number of anilines is 1. The largest absolute Gasteiger partial charge is 0.372 e. The average Bonchev–Trinajstić information content (AvgIpc) is 2.79. The van der Waals surface area contributed by atoms with Gasteiger partial charge in [-0.3, -0.25) is 9.69 Å². The quantitative estimate of drug-likeness (QED) is 0.685. The van der Waals surface area contributed by atoms with E-state index in [1.165, 1.54) is 0 Å². The van der Waals surface area contributed by atoms with Gasteiger partial charge in [0.15, 0.2) is 9.84 Å². The van der Waals surface area contributed by atoms with Gasteiger partial charge in [0, 0.05) is 38.9 Å².